The van der Waals surface area contributed by atoms with Crippen LogP contribution in [0.3, 0.4) is 0 Å². The van der Waals surface area contributed by atoms with Gasteiger partial charge in [-0.15, -0.1) is 0 Å². The number of carbonyl (C=O) groups is 1. The highest BCUT2D eigenvalue weighted by molar-refractivity contribution is 5.71. The minimum absolute atomic E-state index is 0.0199. The summed E-state index contributed by atoms with van der Waals surface area (Å²) in [7, 11) is 0. The molecule has 0 saturated carbocycles. The van der Waals surface area contributed by atoms with Gasteiger partial charge in [0, 0.05) is 0 Å². The number of nitrogens with two attached hydrogens (primary N) is 1. The van der Waals surface area contributed by atoms with E-state index in [1.807, 2.05) is 0 Å². The molecule has 0 heterocycles. The molecular formula is C13H21NO2. The molecule has 1 rings (SSSR count). The minimum Gasteiger partial charge on any atom is -0.465 e. The SMILES string of the molecule is NCC(=O)OCCCCC1=CCCCC=C1. The molecule has 0 radical (unpaired) electrons. The predicted molar refractivity (Wildman–Crippen MR) is 64.9 cm³/mol. The molecule has 0 aliphatic heterocycles. The van der Waals surface area contributed by atoms with E-state index in [2.05, 4.69) is 18.2 Å². The van der Waals surface area contributed by atoms with Crippen LogP contribution in [0.25, 0.3) is 0 Å². The normalized spacial score (nSPS) is 15.4. The van der Waals surface area contributed by atoms with Gasteiger partial charge < -0.3 is 10.5 Å². The van der Waals surface area contributed by atoms with Gasteiger partial charge in [-0.1, -0.05) is 23.8 Å². The topological polar surface area (TPSA) is 52.3 Å². The van der Waals surface area contributed by atoms with Crippen molar-refractivity contribution < 1.29 is 9.53 Å². The average molecular weight is 223 g/mol. The largest absolute Gasteiger partial charge is 0.465 e. The molecule has 3 nitrogen and oxygen atoms in total. The van der Waals surface area contributed by atoms with Crippen LogP contribution in [0, 0.1) is 0 Å². The van der Waals surface area contributed by atoms with Crippen LogP contribution in [0.4, 0.5) is 0 Å². The number of carbonyl (C=O) groups excluding carboxylic acids is 1. The highest BCUT2D eigenvalue weighted by Crippen LogP contribution is 2.15. The van der Waals surface area contributed by atoms with Crippen molar-refractivity contribution in [1.29, 1.82) is 0 Å². The van der Waals surface area contributed by atoms with Crippen LogP contribution in [-0.4, -0.2) is 19.1 Å². The first kappa shape index (κ1) is 13.0. The Hall–Kier alpha value is -1.09. The summed E-state index contributed by atoms with van der Waals surface area (Å²) < 4.78 is 4.90. The van der Waals surface area contributed by atoms with Gasteiger partial charge in [0.1, 0.15) is 0 Å². The number of rotatable bonds is 6. The first-order chi connectivity index (χ1) is 7.83. The number of hydrogen-bond acceptors (Lipinski definition) is 3. The zero-order chi connectivity index (χ0) is 11.6. The van der Waals surface area contributed by atoms with E-state index in [0.717, 1.165) is 19.3 Å². The van der Waals surface area contributed by atoms with E-state index in [9.17, 15) is 4.79 Å². The molecular weight excluding hydrogens is 202 g/mol. The molecule has 1 aliphatic carbocycles. The number of esters is 1. The van der Waals surface area contributed by atoms with Crippen molar-refractivity contribution in [2.75, 3.05) is 13.2 Å². The maximum atomic E-state index is 10.8. The summed E-state index contributed by atoms with van der Waals surface area (Å²) in [4.78, 5) is 10.8. The molecule has 0 atom stereocenters. The lowest BCUT2D eigenvalue weighted by molar-refractivity contribution is -0.142. The van der Waals surface area contributed by atoms with Crippen LogP contribution in [0.2, 0.25) is 0 Å². The Balaban J connectivity index is 2.06. The Bertz CT molecular complexity index is 269. The van der Waals surface area contributed by atoms with Crippen molar-refractivity contribution in [3.8, 4) is 0 Å². The maximum Gasteiger partial charge on any atom is 0.319 e. The van der Waals surface area contributed by atoms with E-state index in [0.29, 0.717) is 6.61 Å². The third kappa shape index (κ3) is 5.71. The van der Waals surface area contributed by atoms with E-state index < -0.39 is 0 Å². The van der Waals surface area contributed by atoms with Gasteiger partial charge in [-0.05, 0) is 38.5 Å². The zero-order valence-corrected chi connectivity index (χ0v) is 9.78. The molecule has 0 unspecified atom stereocenters. The molecule has 90 valence electrons. The van der Waals surface area contributed by atoms with Gasteiger partial charge in [-0.25, -0.2) is 0 Å². The van der Waals surface area contributed by atoms with Gasteiger partial charge in [-0.2, -0.15) is 0 Å². The molecule has 1 aliphatic rings. The summed E-state index contributed by atoms with van der Waals surface area (Å²) in [6.07, 6.45) is 13.5. The standard InChI is InChI=1S/C13H21NO2/c14-11-13(15)16-10-6-5-9-12-7-3-1-2-4-8-12/h3,7-8H,1-2,4-6,9-11,14H2. The molecule has 0 fully saturated rings. The molecule has 0 saturated heterocycles. The number of ether oxygens (including phenoxy) is 1. The van der Waals surface area contributed by atoms with Crippen molar-refractivity contribution in [3.63, 3.8) is 0 Å². The molecule has 0 aromatic carbocycles. The van der Waals surface area contributed by atoms with Crippen molar-refractivity contribution in [2.45, 2.75) is 38.5 Å². The lowest BCUT2D eigenvalue weighted by Gasteiger charge is -2.03. The molecule has 0 spiro atoms. The fourth-order valence-corrected chi connectivity index (χ4v) is 1.69. The van der Waals surface area contributed by atoms with E-state index in [4.69, 9.17) is 10.5 Å². The van der Waals surface area contributed by atoms with E-state index in [1.165, 1.54) is 24.8 Å². The van der Waals surface area contributed by atoms with Crippen LogP contribution in [0.1, 0.15) is 38.5 Å². The maximum absolute atomic E-state index is 10.8. The fourth-order valence-electron chi connectivity index (χ4n) is 1.69. The Morgan fingerprint density at radius 2 is 2.25 bits per heavy atom. The van der Waals surface area contributed by atoms with Gasteiger partial charge in [0.2, 0.25) is 0 Å². The van der Waals surface area contributed by atoms with Crippen LogP contribution in [-0.2, 0) is 9.53 Å². The summed E-state index contributed by atoms with van der Waals surface area (Å²) in [5, 5.41) is 0. The number of hydrogen-bond donors (Lipinski definition) is 1. The van der Waals surface area contributed by atoms with Crippen molar-refractivity contribution in [1.82, 2.24) is 0 Å². The molecule has 3 heteroatoms. The van der Waals surface area contributed by atoms with Crippen molar-refractivity contribution >= 4 is 5.97 Å². The second kappa shape index (κ2) is 8.11. The van der Waals surface area contributed by atoms with Gasteiger partial charge in [0.15, 0.2) is 0 Å². The van der Waals surface area contributed by atoms with Crippen molar-refractivity contribution in [2.24, 2.45) is 5.73 Å². The van der Waals surface area contributed by atoms with Gasteiger partial charge in [0.25, 0.3) is 0 Å². The van der Waals surface area contributed by atoms with Crippen molar-refractivity contribution in [3.05, 3.63) is 23.8 Å². The highest BCUT2D eigenvalue weighted by Gasteiger charge is 1.99. The predicted octanol–water partition coefficient (Wildman–Crippen LogP) is 2.33. The minimum atomic E-state index is -0.312. The summed E-state index contributed by atoms with van der Waals surface area (Å²) in [6.45, 7) is 0.473. The highest BCUT2D eigenvalue weighted by atomic mass is 16.5. The smallest absolute Gasteiger partial charge is 0.319 e. The molecule has 0 aromatic heterocycles. The third-order valence-electron chi connectivity index (χ3n) is 2.60. The van der Waals surface area contributed by atoms with E-state index >= 15 is 0 Å². The van der Waals surface area contributed by atoms with Crippen LogP contribution < -0.4 is 5.73 Å². The Morgan fingerprint density at radius 1 is 1.38 bits per heavy atom. The van der Waals surface area contributed by atoms with E-state index in [1.54, 1.807) is 0 Å². The molecule has 0 bridgehead atoms. The van der Waals surface area contributed by atoms with Gasteiger partial charge >= 0.3 is 5.97 Å². The summed E-state index contributed by atoms with van der Waals surface area (Å²) >= 11 is 0. The quantitative estimate of drug-likeness (QED) is 0.555. The molecule has 0 aromatic rings. The summed E-state index contributed by atoms with van der Waals surface area (Å²) in [5.74, 6) is -0.312. The lowest BCUT2D eigenvalue weighted by atomic mass is 10.1. The summed E-state index contributed by atoms with van der Waals surface area (Å²) in [5.41, 5.74) is 6.55. The molecule has 2 N–H and O–H groups in total. The first-order valence-corrected chi connectivity index (χ1v) is 6.04. The fraction of sp³-hybridized carbons (Fsp3) is 0.615. The number of allylic oxidation sites excluding steroid dienone is 4. The van der Waals surface area contributed by atoms with E-state index in [-0.39, 0.29) is 12.5 Å². The zero-order valence-electron chi connectivity index (χ0n) is 9.78. The Labute approximate surface area is 97.3 Å². The second-order valence-electron chi connectivity index (χ2n) is 3.99. The Kier molecular flexibility index (Phi) is 6.58. The van der Waals surface area contributed by atoms with Gasteiger partial charge in [-0.3, -0.25) is 4.79 Å². The number of unbranched alkanes of at least 4 members (excludes halogenated alkanes) is 1. The average Bonchev–Trinajstić information content (AvgIpc) is 2.57. The first-order valence-electron chi connectivity index (χ1n) is 6.04. The van der Waals surface area contributed by atoms with Crippen LogP contribution in [0.5, 0.6) is 0 Å². The lowest BCUT2D eigenvalue weighted by Crippen LogP contribution is -2.17. The van der Waals surface area contributed by atoms with Gasteiger partial charge in [0.05, 0.1) is 13.2 Å². The van der Waals surface area contributed by atoms with Crippen LogP contribution >= 0.6 is 0 Å². The summed E-state index contributed by atoms with van der Waals surface area (Å²) in [6, 6.07) is 0. The molecule has 0 amide bonds. The second-order valence-corrected chi connectivity index (χ2v) is 3.99. The Morgan fingerprint density at radius 3 is 3.06 bits per heavy atom. The third-order valence-corrected chi connectivity index (χ3v) is 2.60. The molecule has 16 heavy (non-hydrogen) atoms. The van der Waals surface area contributed by atoms with Crippen LogP contribution in [0.15, 0.2) is 23.8 Å². The monoisotopic (exact) mass is 223 g/mol.